The fourth-order valence-electron chi connectivity index (χ4n) is 2.04. The Morgan fingerprint density at radius 1 is 1.32 bits per heavy atom. The minimum absolute atomic E-state index is 0. The Morgan fingerprint density at radius 2 is 2.00 bits per heavy atom. The smallest absolute Gasteiger partial charge is 0.228 e. The highest BCUT2D eigenvalue weighted by molar-refractivity contribution is 5.97. The summed E-state index contributed by atoms with van der Waals surface area (Å²) in [6, 6.07) is 4.48. The van der Waals surface area contributed by atoms with Crippen molar-refractivity contribution in [3.8, 4) is 0 Å². The molecular formula is C12H18Cl2FN3O. The van der Waals surface area contributed by atoms with Gasteiger partial charge in [0.05, 0.1) is 11.4 Å². The van der Waals surface area contributed by atoms with E-state index >= 15 is 0 Å². The van der Waals surface area contributed by atoms with Crippen LogP contribution in [0.4, 0.5) is 15.8 Å². The van der Waals surface area contributed by atoms with Gasteiger partial charge in [0.15, 0.2) is 0 Å². The topological polar surface area (TPSA) is 49.6 Å². The van der Waals surface area contributed by atoms with Gasteiger partial charge in [-0.25, -0.2) is 4.39 Å². The van der Waals surface area contributed by atoms with Crippen LogP contribution in [0.5, 0.6) is 0 Å². The van der Waals surface area contributed by atoms with E-state index in [0.717, 1.165) is 11.4 Å². The molecule has 0 spiro atoms. The number of anilines is 2. The van der Waals surface area contributed by atoms with Crippen LogP contribution in [0.1, 0.15) is 6.42 Å². The maximum absolute atomic E-state index is 13.2. The second-order valence-electron chi connectivity index (χ2n) is 4.14. The van der Waals surface area contributed by atoms with E-state index in [4.69, 9.17) is 5.73 Å². The molecule has 1 aromatic carbocycles. The summed E-state index contributed by atoms with van der Waals surface area (Å²) < 4.78 is 13.2. The number of carbonyl (C=O) groups is 1. The van der Waals surface area contributed by atoms with Crippen molar-refractivity contribution in [2.45, 2.75) is 6.42 Å². The van der Waals surface area contributed by atoms with Crippen LogP contribution in [-0.2, 0) is 4.79 Å². The predicted molar refractivity (Wildman–Crippen MR) is 80.2 cm³/mol. The second kappa shape index (κ2) is 7.53. The molecule has 1 aliphatic rings. The van der Waals surface area contributed by atoms with Gasteiger partial charge in [0, 0.05) is 33.1 Å². The molecule has 1 aromatic rings. The van der Waals surface area contributed by atoms with Gasteiger partial charge in [0.2, 0.25) is 5.91 Å². The molecule has 19 heavy (non-hydrogen) atoms. The van der Waals surface area contributed by atoms with Crippen molar-refractivity contribution in [2.24, 2.45) is 5.73 Å². The first-order valence-electron chi connectivity index (χ1n) is 5.64. The summed E-state index contributed by atoms with van der Waals surface area (Å²) in [7, 11) is 1.89. The normalized spacial score (nSPS) is 13.2. The Hall–Kier alpha value is -1.04. The number of fused-ring (bicyclic) bond motifs is 1. The number of hydrogen-bond donors (Lipinski definition) is 1. The third-order valence-electron chi connectivity index (χ3n) is 2.96. The van der Waals surface area contributed by atoms with Gasteiger partial charge in [-0.05, 0) is 18.2 Å². The zero-order valence-electron chi connectivity index (χ0n) is 10.6. The zero-order valence-corrected chi connectivity index (χ0v) is 12.3. The first-order valence-corrected chi connectivity index (χ1v) is 5.64. The number of hydrogen-bond acceptors (Lipinski definition) is 3. The van der Waals surface area contributed by atoms with Crippen LogP contribution >= 0.6 is 24.8 Å². The number of likely N-dealkylation sites (N-methyl/N-ethyl adjacent to an activating group) is 1. The van der Waals surface area contributed by atoms with E-state index in [9.17, 15) is 9.18 Å². The van der Waals surface area contributed by atoms with Crippen molar-refractivity contribution < 1.29 is 9.18 Å². The van der Waals surface area contributed by atoms with Crippen LogP contribution in [0.15, 0.2) is 18.2 Å². The lowest BCUT2D eigenvalue weighted by molar-refractivity contribution is -0.118. The molecule has 0 bridgehead atoms. The highest BCUT2D eigenvalue weighted by Crippen LogP contribution is 2.32. The Morgan fingerprint density at radius 3 is 2.63 bits per heavy atom. The number of benzene rings is 1. The minimum atomic E-state index is -0.288. The Balaban J connectivity index is 0.00000162. The quantitative estimate of drug-likeness (QED) is 0.906. The van der Waals surface area contributed by atoms with Crippen LogP contribution in [0, 0.1) is 5.82 Å². The summed E-state index contributed by atoms with van der Waals surface area (Å²) >= 11 is 0. The SMILES string of the molecule is CN1CCN(C(=O)CCN)c2ccc(F)cc21.Cl.Cl. The lowest BCUT2D eigenvalue weighted by Crippen LogP contribution is -2.43. The van der Waals surface area contributed by atoms with E-state index in [1.165, 1.54) is 12.1 Å². The molecule has 0 saturated heterocycles. The van der Waals surface area contributed by atoms with E-state index in [0.29, 0.717) is 26.1 Å². The van der Waals surface area contributed by atoms with Crippen LogP contribution in [-0.4, -0.2) is 32.6 Å². The van der Waals surface area contributed by atoms with E-state index in [1.54, 1.807) is 11.0 Å². The number of amides is 1. The fourth-order valence-corrected chi connectivity index (χ4v) is 2.04. The molecule has 0 unspecified atom stereocenters. The van der Waals surface area contributed by atoms with Crippen molar-refractivity contribution in [1.29, 1.82) is 0 Å². The van der Waals surface area contributed by atoms with Gasteiger partial charge in [-0.3, -0.25) is 4.79 Å². The molecule has 1 amide bonds. The highest BCUT2D eigenvalue weighted by Gasteiger charge is 2.24. The third kappa shape index (κ3) is 3.72. The van der Waals surface area contributed by atoms with Crippen LogP contribution in [0.25, 0.3) is 0 Å². The summed E-state index contributed by atoms with van der Waals surface area (Å²) in [5, 5.41) is 0. The standard InChI is InChI=1S/C12H16FN3O.2ClH/c1-15-6-7-16(12(17)4-5-14)10-3-2-9(13)8-11(10)15;;/h2-3,8H,4-7,14H2,1H3;2*1H. The van der Waals surface area contributed by atoms with Crippen molar-refractivity contribution in [2.75, 3.05) is 36.5 Å². The van der Waals surface area contributed by atoms with E-state index < -0.39 is 0 Å². The Bertz CT molecular complexity index is 445. The molecule has 0 radical (unpaired) electrons. The van der Waals surface area contributed by atoms with E-state index in [2.05, 4.69) is 0 Å². The molecule has 1 heterocycles. The first kappa shape index (κ1) is 18.0. The van der Waals surface area contributed by atoms with Gasteiger partial charge in [-0.15, -0.1) is 24.8 Å². The van der Waals surface area contributed by atoms with E-state index in [-0.39, 0.29) is 36.5 Å². The molecule has 0 fully saturated rings. The maximum Gasteiger partial charge on any atom is 0.228 e. The Labute approximate surface area is 124 Å². The van der Waals surface area contributed by atoms with Gasteiger partial charge in [0.1, 0.15) is 5.82 Å². The van der Waals surface area contributed by atoms with Gasteiger partial charge >= 0.3 is 0 Å². The van der Waals surface area contributed by atoms with E-state index in [1.807, 2.05) is 11.9 Å². The number of carbonyl (C=O) groups excluding carboxylic acids is 1. The van der Waals surface area contributed by atoms with Crippen molar-refractivity contribution in [3.63, 3.8) is 0 Å². The average Bonchev–Trinajstić information content (AvgIpc) is 2.30. The van der Waals surface area contributed by atoms with Crippen LogP contribution in [0.2, 0.25) is 0 Å². The molecule has 108 valence electrons. The molecule has 0 atom stereocenters. The van der Waals surface area contributed by atoms with Gasteiger partial charge in [-0.2, -0.15) is 0 Å². The lowest BCUT2D eigenvalue weighted by Gasteiger charge is -2.35. The molecule has 7 heteroatoms. The van der Waals surface area contributed by atoms with Crippen LogP contribution in [0.3, 0.4) is 0 Å². The number of rotatable bonds is 2. The molecule has 4 nitrogen and oxygen atoms in total. The first-order chi connectivity index (χ1) is 8.13. The van der Waals surface area contributed by atoms with Crippen molar-refractivity contribution in [3.05, 3.63) is 24.0 Å². The van der Waals surface area contributed by atoms with Gasteiger partial charge < -0.3 is 15.5 Å². The minimum Gasteiger partial charge on any atom is -0.371 e. The molecule has 2 rings (SSSR count). The number of nitrogens with two attached hydrogens (primary N) is 1. The largest absolute Gasteiger partial charge is 0.371 e. The summed E-state index contributed by atoms with van der Waals surface area (Å²) in [6.45, 7) is 1.66. The maximum atomic E-state index is 13.2. The molecule has 0 aromatic heterocycles. The highest BCUT2D eigenvalue weighted by atomic mass is 35.5. The molecular weight excluding hydrogens is 292 g/mol. The van der Waals surface area contributed by atoms with Crippen molar-refractivity contribution in [1.82, 2.24) is 0 Å². The monoisotopic (exact) mass is 309 g/mol. The summed E-state index contributed by atoms with van der Waals surface area (Å²) in [5.41, 5.74) is 6.90. The molecule has 0 aliphatic carbocycles. The summed E-state index contributed by atoms with van der Waals surface area (Å²) in [6.07, 6.45) is 0.320. The molecule has 1 aliphatic heterocycles. The van der Waals surface area contributed by atoms with Gasteiger partial charge in [-0.1, -0.05) is 0 Å². The number of halogens is 3. The lowest BCUT2D eigenvalue weighted by atomic mass is 10.1. The number of nitrogens with zero attached hydrogens (tertiary/aromatic N) is 2. The average molecular weight is 310 g/mol. The Kier molecular flexibility index (Phi) is 7.11. The molecule has 0 saturated carbocycles. The summed E-state index contributed by atoms with van der Waals surface area (Å²) in [4.78, 5) is 15.5. The summed E-state index contributed by atoms with van der Waals surface area (Å²) in [5.74, 6) is -0.294. The zero-order chi connectivity index (χ0) is 12.4. The predicted octanol–water partition coefficient (Wildman–Crippen LogP) is 1.80. The van der Waals surface area contributed by atoms with Gasteiger partial charge in [0.25, 0.3) is 0 Å². The van der Waals surface area contributed by atoms with Crippen molar-refractivity contribution >= 4 is 42.1 Å². The molecule has 2 N–H and O–H groups in total. The third-order valence-corrected chi connectivity index (χ3v) is 2.96. The fraction of sp³-hybridized carbons (Fsp3) is 0.417. The van der Waals surface area contributed by atoms with Crippen LogP contribution < -0.4 is 15.5 Å². The second-order valence-corrected chi connectivity index (χ2v) is 4.14.